The minimum atomic E-state index is -5.26. The van der Waals surface area contributed by atoms with E-state index in [9.17, 15) is 32.3 Å². The molecule has 0 unspecified atom stereocenters. The summed E-state index contributed by atoms with van der Waals surface area (Å²) in [5, 5.41) is 11.1. The molecule has 16 heteroatoms. The zero-order valence-electron chi connectivity index (χ0n) is 17.5. The number of carbonyl (C=O) groups excluding carboxylic acids is 2. The number of anilines is 2. The van der Waals surface area contributed by atoms with E-state index in [1.165, 1.54) is 0 Å². The standard InChI is InChI=1S/C19H17F3N8O5/c20-19(21,22)17(35)30(7-9-6-25-13-12(26-9)15(32)29-18(24)28-13)10-3-1-8(2-4-10)14(31)27-11(5-23)16(33)34/h1-4,6,11H,5,7,23H2,(H,27,31)(H,33,34)(H3,24,25,28,29,32)/t11-/m0/s1. The molecule has 1 aromatic carbocycles. The second-order valence-corrected chi connectivity index (χ2v) is 7.02. The Morgan fingerprint density at radius 3 is 2.40 bits per heavy atom. The Bertz CT molecular complexity index is 1340. The second-order valence-electron chi connectivity index (χ2n) is 7.02. The third-order valence-corrected chi connectivity index (χ3v) is 4.57. The number of H-pyrrole nitrogens is 1. The quantitative estimate of drug-likeness (QED) is 0.285. The minimum absolute atomic E-state index is 0.0893. The SMILES string of the molecule is NC[C@H](NC(=O)c1ccc(N(Cc2cnc3nc(N)[nH]c(=O)c3n2)C(=O)C(F)(F)F)cc1)C(=O)O. The van der Waals surface area contributed by atoms with Crippen LogP contribution in [0.5, 0.6) is 0 Å². The van der Waals surface area contributed by atoms with Crippen molar-refractivity contribution in [3.63, 3.8) is 0 Å². The van der Waals surface area contributed by atoms with E-state index in [4.69, 9.17) is 16.6 Å². The van der Waals surface area contributed by atoms with Gasteiger partial charge in [-0.25, -0.2) is 14.8 Å². The topological polar surface area (TPSA) is 210 Å². The van der Waals surface area contributed by atoms with E-state index in [1.807, 2.05) is 0 Å². The van der Waals surface area contributed by atoms with Crippen LogP contribution in [0.1, 0.15) is 16.1 Å². The molecule has 2 aromatic heterocycles. The van der Waals surface area contributed by atoms with Crippen molar-refractivity contribution < 1.29 is 32.7 Å². The summed E-state index contributed by atoms with van der Waals surface area (Å²) in [5.41, 5.74) is 8.96. The van der Waals surface area contributed by atoms with E-state index in [0.717, 1.165) is 30.5 Å². The van der Waals surface area contributed by atoms with Gasteiger partial charge in [0.1, 0.15) is 6.04 Å². The molecule has 184 valence electrons. The molecule has 3 aromatic rings. The molecule has 1 atom stereocenters. The number of benzene rings is 1. The maximum absolute atomic E-state index is 13.3. The van der Waals surface area contributed by atoms with Crippen LogP contribution in [-0.4, -0.2) is 61.6 Å². The van der Waals surface area contributed by atoms with Gasteiger partial charge in [-0.3, -0.25) is 24.3 Å². The highest BCUT2D eigenvalue weighted by Gasteiger charge is 2.43. The number of nitrogen functional groups attached to an aromatic ring is 1. The molecular formula is C19H17F3N8O5. The van der Waals surface area contributed by atoms with E-state index >= 15 is 0 Å². The zero-order chi connectivity index (χ0) is 25.9. The average molecular weight is 494 g/mol. The fraction of sp³-hybridized carbons (Fsp3) is 0.211. The fourth-order valence-corrected chi connectivity index (χ4v) is 2.90. The largest absolute Gasteiger partial charge is 0.480 e. The van der Waals surface area contributed by atoms with E-state index in [0.29, 0.717) is 4.90 Å². The molecule has 0 saturated heterocycles. The highest BCUT2D eigenvalue weighted by Crippen LogP contribution is 2.26. The van der Waals surface area contributed by atoms with Crippen molar-refractivity contribution >= 4 is 40.6 Å². The number of carboxylic acid groups (broad SMARTS) is 1. The Balaban J connectivity index is 1.93. The Morgan fingerprint density at radius 1 is 1.17 bits per heavy atom. The Hall–Kier alpha value is -4.60. The highest BCUT2D eigenvalue weighted by atomic mass is 19.4. The first-order chi connectivity index (χ1) is 16.4. The number of nitrogens with one attached hydrogen (secondary N) is 2. The molecule has 0 bridgehead atoms. The van der Waals surface area contributed by atoms with E-state index in [2.05, 4.69) is 25.3 Å². The number of halogens is 3. The zero-order valence-corrected chi connectivity index (χ0v) is 17.5. The van der Waals surface area contributed by atoms with Crippen LogP contribution in [0.2, 0.25) is 0 Å². The lowest BCUT2D eigenvalue weighted by molar-refractivity contribution is -0.170. The number of carbonyl (C=O) groups is 3. The highest BCUT2D eigenvalue weighted by molar-refractivity contribution is 5.99. The molecular weight excluding hydrogens is 477 g/mol. The Labute approximate surface area is 193 Å². The number of aliphatic carboxylic acids is 1. The molecule has 35 heavy (non-hydrogen) atoms. The van der Waals surface area contributed by atoms with Crippen LogP contribution >= 0.6 is 0 Å². The lowest BCUT2D eigenvalue weighted by Gasteiger charge is -2.23. The average Bonchev–Trinajstić information content (AvgIpc) is 2.80. The monoisotopic (exact) mass is 494 g/mol. The molecule has 2 heterocycles. The third-order valence-electron chi connectivity index (χ3n) is 4.57. The molecule has 0 aliphatic carbocycles. The summed E-state index contributed by atoms with van der Waals surface area (Å²) >= 11 is 0. The van der Waals surface area contributed by atoms with Crippen molar-refractivity contribution in [3.8, 4) is 0 Å². The van der Waals surface area contributed by atoms with Crippen LogP contribution in [-0.2, 0) is 16.1 Å². The Morgan fingerprint density at radius 2 is 1.83 bits per heavy atom. The maximum Gasteiger partial charge on any atom is 0.471 e. The van der Waals surface area contributed by atoms with Crippen molar-refractivity contribution in [3.05, 3.63) is 52.1 Å². The molecule has 3 rings (SSSR count). The number of carboxylic acids is 1. The number of hydrogen-bond donors (Lipinski definition) is 5. The fourth-order valence-electron chi connectivity index (χ4n) is 2.90. The number of nitrogens with two attached hydrogens (primary N) is 2. The van der Waals surface area contributed by atoms with E-state index < -0.39 is 42.1 Å². The van der Waals surface area contributed by atoms with Gasteiger partial charge in [0, 0.05) is 17.8 Å². The van der Waals surface area contributed by atoms with Gasteiger partial charge in [-0.05, 0) is 24.3 Å². The number of nitrogens with zero attached hydrogens (tertiary/aromatic N) is 4. The van der Waals surface area contributed by atoms with Gasteiger partial charge < -0.3 is 21.9 Å². The van der Waals surface area contributed by atoms with Crippen LogP contribution in [0.15, 0.2) is 35.3 Å². The van der Waals surface area contributed by atoms with Gasteiger partial charge in [0.2, 0.25) is 5.95 Å². The van der Waals surface area contributed by atoms with E-state index in [1.54, 1.807) is 0 Å². The Kier molecular flexibility index (Phi) is 6.95. The maximum atomic E-state index is 13.3. The number of rotatable bonds is 7. The summed E-state index contributed by atoms with van der Waals surface area (Å²) in [6, 6.07) is 2.94. The van der Waals surface area contributed by atoms with Crippen LogP contribution < -0.4 is 27.2 Å². The predicted octanol–water partition coefficient (Wildman–Crippen LogP) is -0.468. The van der Waals surface area contributed by atoms with Crippen molar-refractivity contribution in [1.82, 2.24) is 25.3 Å². The molecule has 0 aliphatic heterocycles. The van der Waals surface area contributed by atoms with Crippen LogP contribution in [0.4, 0.5) is 24.8 Å². The summed E-state index contributed by atoms with van der Waals surface area (Å²) in [5.74, 6) is -4.68. The van der Waals surface area contributed by atoms with Gasteiger partial charge in [-0.1, -0.05) is 0 Å². The number of aromatic amines is 1. The molecule has 0 saturated carbocycles. The lowest BCUT2D eigenvalue weighted by Crippen LogP contribution is -2.45. The molecule has 2 amide bonds. The summed E-state index contributed by atoms with van der Waals surface area (Å²) in [7, 11) is 0. The van der Waals surface area contributed by atoms with Gasteiger partial charge in [0.25, 0.3) is 11.5 Å². The minimum Gasteiger partial charge on any atom is -0.480 e. The molecule has 7 N–H and O–H groups in total. The molecule has 0 spiro atoms. The number of amides is 2. The predicted molar refractivity (Wildman–Crippen MR) is 114 cm³/mol. The molecule has 13 nitrogen and oxygen atoms in total. The summed E-state index contributed by atoms with van der Waals surface area (Å²) in [4.78, 5) is 61.4. The summed E-state index contributed by atoms with van der Waals surface area (Å²) in [6.45, 7) is -1.12. The van der Waals surface area contributed by atoms with Crippen LogP contribution in [0.3, 0.4) is 0 Å². The first kappa shape index (κ1) is 25.0. The molecule has 0 aliphatic rings. The van der Waals surface area contributed by atoms with E-state index in [-0.39, 0.29) is 40.6 Å². The van der Waals surface area contributed by atoms with Gasteiger partial charge in [0.05, 0.1) is 18.4 Å². The van der Waals surface area contributed by atoms with Crippen molar-refractivity contribution in [1.29, 1.82) is 0 Å². The van der Waals surface area contributed by atoms with Crippen LogP contribution in [0.25, 0.3) is 11.2 Å². The summed E-state index contributed by atoms with van der Waals surface area (Å²) < 4.78 is 39.8. The number of alkyl halides is 3. The van der Waals surface area contributed by atoms with Gasteiger partial charge in [-0.15, -0.1) is 0 Å². The number of hydrogen-bond acceptors (Lipinski definition) is 9. The smallest absolute Gasteiger partial charge is 0.471 e. The van der Waals surface area contributed by atoms with Gasteiger partial charge in [0.15, 0.2) is 11.2 Å². The first-order valence-corrected chi connectivity index (χ1v) is 9.64. The summed E-state index contributed by atoms with van der Waals surface area (Å²) in [6.07, 6.45) is -4.23. The van der Waals surface area contributed by atoms with Crippen LogP contribution in [0, 0.1) is 0 Å². The number of fused-ring (bicyclic) bond motifs is 1. The van der Waals surface area contributed by atoms with Gasteiger partial charge >= 0.3 is 18.1 Å². The molecule has 0 fully saturated rings. The van der Waals surface area contributed by atoms with Crippen molar-refractivity contribution in [2.24, 2.45) is 5.73 Å². The molecule has 0 radical (unpaired) electrons. The third kappa shape index (κ3) is 5.67. The lowest BCUT2D eigenvalue weighted by atomic mass is 10.1. The second kappa shape index (κ2) is 9.72. The van der Waals surface area contributed by atoms with Crippen molar-refractivity contribution in [2.45, 2.75) is 18.8 Å². The first-order valence-electron chi connectivity index (χ1n) is 9.64. The normalized spacial score (nSPS) is 12.2. The number of aromatic nitrogens is 4. The van der Waals surface area contributed by atoms with Crippen molar-refractivity contribution in [2.75, 3.05) is 17.2 Å². The van der Waals surface area contributed by atoms with Gasteiger partial charge in [-0.2, -0.15) is 18.2 Å².